The molecule has 2 rings (SSSR count). The number of carbonyl (C=O) groups excluding carboxylic acids is 1. The van der Waals surface area contributed by atoms with Gasteiger partial charge in [0.05, 0.1) is 6.61 Å². The molecule has 0 spiro atoms. The zero-order valence-corrected chi connectivity index (χ0v) is 18.2. The number of benzene rings is 1. The van der Waals surface area contributed by atoms with Crippen molar-refractivity contribution in [3.63, 3.8) is 0 Å². The standard InChI is InChI=1S/C20H25BrN4O4/c1-13(2)12-25-18(22)17(19(27)23-20(25)28)24(10-11-29-3)16(26)9-8-14-6-4-5-7-15(14)21/h4-9,13H,10-12,22H2,1-3H3,(H,23,27,28)/b9-8+. The number of methoxy groups -OCH3 is 1. The lowest BCUT2D eigenvalue weighted by Crippen LogP contribution is -2.42. The average molecular weight is 465 g/mol. The van der Waals surface area contributed by atoms with Crippen molar-refractivity contribution in [1.29, 1.82) is 0 Å². The highest BCUT2D eigenvalue weighted by Crippen LogP contribution is 2.20. The number of nitrogens with zero attached hydrogens (tertiary/aromatic N) is 2. The molecular weight excluding hydrogens is 440 g/mol. The van der Waals surface area contributed by atoms with Gasteiger partial charge in [-0.2, -0.15) is 0 Å². The Morgan fingerprint density at radius 2 is 2.03 bits per heavy atom. The molecule has 0 bridgehead atoms. The smallest absolute Gasteiger partial charge is 0.330 e. The third-order valence-corrected chi connectivity index (χ3v) is 4.85. The number of ether oxygens (including phenoxy) is 1. The first-order valence-corrected chi connectivity index (χ1v) is 9.91. The van der Waals surface area contributed by atoms with Crippen LogP contribution in [0.25, 0.3) is 6.08 Å². The van der Waals surface area contributed by atoms with Crippen LogP contribution in [0.2, 0.25) is 0 Å². The third-order valence-electron chi connectivity index (χ3n) is 4.13. The highest BCUT2D eigenvalue weighted by molar-refractivity contribution is 9.10. The van der Waals surface area contributed by atoms with E-state index >= 15 is 0 Å². The van der Waals surface area contributed by atoms with Gasteiger partial charge in [-0.25, -0.2) is 4.79 Å². The fourth-order valence-electron chi connectivity index (χ4n) is 2.76. The summed E-state index contributed by atoms with van der Waals surface area (Å²) in [6.07, 6.45) is 2.99. The molecule has 1 amide bonds. The first-order chi connectivity index (χ1) is 13.8. The van der Waals surface area contributed by atoms with Crippen LogP contribution in [0.4, 0.5) is 11.5 Å². The van der Waals surface area contributed by atoms with Gasteiger partial charge in [0.15, 0.2) is 5.69 Å². The fourth-order valence-corrected chi connectivity index (χ4v) is 3.18. The van der Waals surface area contributed by atoms with Crippen molar-refractivity contribution in [2.24, 2.45) is 5.92 Å². The molecular formula is C20H25BrN4O4. The molecule has 29 heavy (non-hydrogen) atoms. The van der Waals surface area contributed by atoms with Crippen molar-refractivity contribution >= 4 is 39.4 Å². The lowest BCUT2D eigenvalue weighted by Gasteiger charge is -2.23. The van der Waals surface area contributed by atoms with E-state index in [0.717, 1.165) is 10.0 Å². The quantitative estimate of drug-likeness (QED) is 0.581. The van der Waals surface area contributed by atoms with Crippen LogP contribution in [-0.2, 0) is 16.1 Å². The Morgan fingerprint density at radius 3 is 2.66 bits per heavy atom. The molecule has 2 aromatic rings. The number of rotatable bonds is 8. The summed E-state index contributed by atoms with van der Waals surface area (Å²) in [5, 5.41) is 0. The molecule has 0 aliphatic carbocycles. The van der Waals surface area contributed by atoms with Crippen LogP contribution >= 0.6 is 15.9 Å². The van der Waals surface area contributed by atoms with Gasteiger partial charge in [0.25, 0.3) is 11.5 Å². The Hall–Kier alpha value is -2.65. The number of hydrogen-bond acceptors (Lipinski definition) is 5. The summed E-state index contributed by atoms with van der Waals surface area (Å²) in [7, 11) is 1.49. The van der Waals surface area contributed by atoms with Crippen LogP contribution in [0.3, 0.4) is 0 Å². The van der Waals surface area contributed by atoms with E-state index in [2.05, 4.69) is 20.9 Å². The first-order valence-electron chi connectivity index (χ1n) is 9.11. The predicted molar refractivity (Wildman–Crippen MR) is 118 cm³/mol. The molecule has 1 aromatic heterocycles. The SMILES string of the molecule is COCCN(C(=O)/C=C/c1ccccc1Br)c1c(N)n(CC(C)C)c(=O)[nH]c1=O. The summed E-state index contributed by atoms with van der Waals surface area (Å²) in [4.78, 5) is 41.1. The number of nitrogens with one attached hydrogen (secondary N) is 1. The van der Waals surface area contributed by atoms with E-state index in [4.69, 9.17) is 10.5 Å². The number of nitrogen functional groups attached to an aromatic ring is 1. The van der Waals surface area contributed by atoms with Crippen molar-refractivity contribution in [1.82, 2.24) is 9.55 Å². The highest BCUT2D eigenvalue weighted by atomic mass is 79.9. The number of carbonyl (C=O) groups is 1. The van der Waals surface area contributed by atoms with Crippen molar-refractivity contribution in [3.8, 4) is 0 Å². The molecule has 9 heteroatoms. The van der Waals surface area contributed by atoms with Crippen LogP contribution in [0.5, 0.6) is 0 Å². The molecule has 8 nitrogen and oxygen atoms in total. The Kier molecular flexibility index (Phi) is 7.98. The van der Waals surface area contributed by atoms with Gasteiger partial charge >= 0.3 is 5.69 Å². The van der Waals surface area contributed by atoms with Gasteiger partial charge in [-0.1, -0.05) is 48.0 Å². The van der Waals surface area contributed by atoms with Gasteiger partial charge in [-0.3, -0.25) is 24.0 Å². The van der Waals surface area contributed by atoms with Crippen molar-refractivity contribution < 1.29 is 9.53 Å². The van der Waals surface area contributed by atoms with E-state index in [0.29, 0.717) is 6.54 Å². The molecule has 0 unspecified atom stereocenters. The monoisotopic (exact) mass is 464 g/mol. The normalized spacial score (nSPS) is 11.3. The van der Waals surface area contributed by atoms with Crippen LogP contribution < -0.4 is 21.9 Å². The second-order valence-corrected chi connectivity index (χ2v) is 7.69. The number of amides is 1. The molecule has 0 saturated carbocycles. The van der Waals surface area contributed by atoms with Crippen LogP contribution in [-0.4, -0.2) is 35.7 Å². The molecule has 1 aromatic carbocycles. The number of anilines is 2. The minimum Gasteiger partial charge on any atom is -0.383 e. The topological polar surface area (TPSA) is 110 Å². The minimum atomic E-state index is -0.716. The second-order valence-electron chi connectivity index (χ2n) is 6.84. The maximum Gasteiger partial charge on any atom is 0.330 e. The predicted octanol–water partition coefficient (Wildman–Crippen LogP) is 2.23. The van der Waals surface area contributed by atoms with Gasteiger partial charge in [-0.05, 0) is 23.6 Å². The minimum absolute atomic E-state index is 0.0498. The number of nitrogens with two attached hydrogens (primary N) is 1. The maximum atomic E-state index is 12.9. The summed E-state index contributed by atoms with van der Waals surface area (Å²) >= 11 is 3.42. The highest BCUT2D eigenvalue weighted by Gasteiger charge is 2.23. The van der Waals surface area contributed by atoms with E-state index < -0.39 is 17.2 Å². The molecule has 0 radical (unpaired) electrons. The molecule has 3 N–H and O–H groups in total. The zero-order chi connectivity index (χ0) is 21.6. The summed E-state index contributed by atoms with van der Waals surface area (Å²) in [5.41, 5.74) is 5.57. The van der Waals surface area contributed by atoms with E-state index in [1.165, 1.54) is 22.7 Å². The summed E-state index contributed by atoms with van der Waals surface area (Å²) < 4.78 is 7.18. The van der Waals surface area contributed by atoms with Crippen molar-refractivity contribution in [3.05, 3.63) is 61.2 Å². The van der Waals surface area contributed by atoms with Gasteiger partial charge in [0, 0.05) is 30.7 Å². The Labute approximate surface area is 177 Å². The fraction of sp³-hybridized carbons (Fsp3) is 0.350. The lowest BCUT2D eigenvalue weighted by molar-refractivity contribution is -0.114. The third kappa shape index (κ3) is 5.68. The largest absolute Gasteiger partial charge is 0.383 e. The number of halogens is 1. The van der Waals surface area contributed by atoms with E-state index in [1.54, 1.807) is 6.08 Å². The average Bonchev–Trinajstić information content (AvgIpc) is 2.66. The Balaban J connectivity index is 2.49. The van der Waals surface area contributed by atoms with Crippen LogP contribution in [0, 0.1) is 5.92 Å². The molecule has 0 aliphatic rings. The van der Waals surface area contributed by atoms with E-state index in [-0.39, 0.29) is 30.6 Å². The summed E-state index contributed by atoms with van der Waals surface area (Å²) in [6, 6.07) is 7.42. The molecule has 1 heterocycles. The van der Waals surface area contributed by atoms with Gasteiger partial charge in [-0.15, -0.1) is 0 Å². The molecule has 0 saturated heterocycles. The summed E-state index contributed by atoms with van der Waals surface area (Å²) in [6.45, 7) is 4.45. The molecule has 0 atom stereocenters. The maximum absolute atomic E-state index is 12.9. The van der Waals surface area contributed by atoms with Crippen molar-refractivity contribution in [2.45, 2.75) is 20.4 Å². The molecule has 0 aliphatic heterocycles. The van der Waals surface area contributed by atoms with Gasteiger partial charge in [0.1, 0.15) is 5.82 Å². The van der Waals surface area contributed by atoms with Crippen LogP contribution in [0.1, 0.15) is 19.4 Å². The second kappa shape index (κ2) is 10.2. The Morgan fingerprint density at radius 1 is 1.34 bits per heavy atom. The molecule has 0 fully saturated rings. The van der Waals surface area contributed by atoms with Crippen molar-refractivity contribution in [2.75, 3.05) is 30.9 Å². The number of aromatic amines is 1. The zero-order valence-electron chi connectivity index (χ0n) is 16.6. The number of hydrogen-bond donors (Lipinski definition) is 2. The number of aromatic nitrogens is 2. The summed E-state index contributed by atoms with van der Waals surface area (Å²) in [5.74, 6) is -0.386. The molecule has 156 valence electrons. The van der Waals surface area contributed by atoms with E-state index in [1.807, 2.05) is 38.1 Å². The van der Waals surface area contributed by atoms with Gasteiger partial charge < -0.3 is 10.5 Å². The van der Waals surface area contributed by atoms with Crippen LogP contribution in [0.15, 0.2) is 44.4 Å². The number of H-pyrrole nitrogens is 1. The Bertz CT molecular complexity index is 1010. The van der Waals surface area contributed by atoms with Gasteiger partial charge in [0.2, 0.25) is 0 Å². The first kappa shape index (κ1) is 22.6. The van der Waals surface area contributed by atoms with E-state index in [9.17, 15) is 14.4 Å². The lowest BCUT2D eigenvalue weighted by atomic mass is 10.2.